The topological polar surface area (TPSA) is 64.3 Å². The van der Waals surface area contributed by atoms with Gasteiger partial charge in [-0.25, -0.2) is 15.0 Å². The van der Waals surface area contributed by atoms with Crippen LogP contribution in [0.3, 0.4) is 0 Å². The van der Waals surface area contributed by atoms with E-state index in [1.807, 2.05) is 97.9 Å². The van der Waals surface area contributed by atoms with Crippen LogP contribution in [0.2, 0.25) is 0 Å². The third-order valence-electron chi connectivity index (χ3n) is 10.4. The standard InChI is InChI=1S/C52H36N4O2/c1-3-5-16-34(4-2)50-53-51(35-17-8-6-9-18-35)55-52(54-50)40-30-38(36-26-28-47-43(32-36)42-21-12-14-23-46(42)57-47)29-39(31-40)37-25-27-45-49(33-37)58-48-24-15-13-22-44(48)56(45)41-19-10-7-11-20-41/h3-33H,2H2,1H3/b5-3-,34-16+. The molecule has 0 amide bonds. The summed E-state index contributed by atoms with van der Waals surface area (Å²) in [5.41, 5.74) is 11.3. The minimum Gasteiger partial charge on any atom is -0.456 e. The van der Waals surface area contributed by atoms with Gasteiger partial charge in [0.15, 0.2) is 29.0 Å². The summed E-state index contributed by atoms with van der Waals surface area (Å²) in [5.74, 6) is 3.22. The molecule has 0 spiro atoms. The largest absolute Gasteiger partial charge is 0.456 e. The molecule has 0 bridgehead atoms. The fourth-order valence-electron chi connectivity index (χ4n) is 7.57. The van der Waals surface area contributed by atoms with Crippen molar-refractivity contribution in [1.82, 2.24) is 15.0 Å². The Morgan fingerprint density at radius 2 is 1.17 bits per heavy atom. The van der Waals surface area contributed by atoms with Crippen LogP contribution in [0.15, 0.2) is 199 Å². The lowest BCUT2D eigenvalue weighted by atomic mass is 9.94. The molecule has 0 fully saturated rings. The molecule has 6 heteroatoms. The first-order valence-corrected chi connectivity index (χ1v) is 19.2. The number of ether oxygens (including phenoxy) is 1. The Bertz CT molecular complexity index is 3070. The highest BCUT2D eigenvalue weighted by Crippen LogP contribution is 2.51. The molecule has 0 N–H and O–H groups in total. The van der Waals surface area contributed by atoms with Crippen molar-refractivity contribution in [3.05, 3.63) is 200 Å². The van der Waals surface area contributed by atoms with Crippen LogP contribution in [-0.4, -0.2) is 15.0 Å². The molecule has 0 radical (unpaired) electrons. The average Bonchev–Trinajstić information content (AvgIpc) is 3.66. The second kappa shape index (κ2) is 14.7. The summed E-state index contributed by atoms with van der Waals surface area (Å²) in [4.78, 5) is 17.4. The van der Waals surface area contributed by atoms with Crippen LogP contribution in [0.5, 0.6) is 11.5 Å². The highest BCUT2D eigenvalue weighted by Gasteiger charge is 2.26. The Hall–Kier alpha value is -7.83. The molecule has 3 heterocycles. The number of furan rings is 1. The van der Waals surface area contributed by atoms with Crippen LogP contribution < -0.4 is 9.64 Å². The Kier molecular flexibility index (Phi) is 8.77. The molecule has 10 rings (SSSR count). The minimum absolute atomic E-state index is 0.539. The number of para-hydroxylation sites is 4. The van der Waals surface area contributed by atoms with Gasteiger partial charge in [0.25, 0.3) is 0 Å². The number of benzene rings is 7. The smallest absolute Gasteiger partial charge is 0.164 e. The van der Waals surface area contributed by atoms with Gasteiger partial charge in [-0.2, -0.15) is 0 Å². The van der Waals surface area contributed by atoms with E-state index in [1.54, 1.807) is 6.08 Å². The number of hydrogen-bond donors (Lipinski definition) is 0. The zero-order valence-electron chi connectivity index (χ0n) is 31.7. The molecule has 276 valence electrons. The highest BCUT2D eigenvalue weighted by atomic mass is 16.5. The van der Waals surface area contributed by atoms with Gasteiger partial charge in [-0.15, -0.1) is 0 Å². The van der Waals surface area contributed by atoms with Crippen molar-refractivity contribution in [2.24, 2.45) is 0 Å². The molecule has 0 unspecified atom stereocenters. The third kappa shape index (κ3) is 6.33. The van der Waals surface area contributed by atoms with Gasteiger partial charge in [-0.3, -0.25) is 0 Å². The number of fused-ring (bicyclic) bond motifs is 5. The van der Waals surface area contributed by atoms with Gasteiger partial charge < -0.3 is 14.1 Å². The van der Waals surface area contributed by atoms with Gasteiger partial charge in [-0.05, 0) is 102 Å². The summed E-state index contributed by atoms with van der Waals surface area (Å²) < 4.78 is 12.9. The summed E-state index contributed by atoms with van der Waals surface area (Å²) in [6.45, 7) is 6.07. The number of anilines is 3. The maximum Gasteiger partial charge on any atom is 0.164 e. The quantitative estimate of drug-likeness (QED) is 0.144. The van der Waals surface area contributed by atoms with Crippen LogP contribution in [0.1, 0.15) is 12.7 Å². The lowest BCUT2D eigenvalue weighted by Gasteiger charge is -2.33. The van der Waals surface area contributed by atoms with E-state index in [4.69, 9.17) is 24.1 Å². The molecular formula is C52H36N4O2. The zero-order chi connectivity index (χ0) is 39.0. The Morgan fingerprint density at radius 3 is 1.97 bits per heavy atom. The molecule has 0 aliphatic carbocycles. The molecule has 6 nitrogen and oxygen atoms in total. The predicted molar refractivity (Wildman–Crippen MR) is 237 cm³/mol. The van der Waals surface area contributed by atoms with Crippen LogP contribution in [-0.2, 0) is 0 Å². The molecule has 7 aromatic carbocycles. The number of hydrogen-bond acceptors (Lipinski definition) is 6. The van der Waals surface area contributed by atoms with Crippen LogP contribution in [0.4, 0.5) is 17.1 Å². The first-order valence-electron chi connectivity index (χ1n) is 19.2. The molecule has 9 aromatic rings. The Morgan fingerprint density at radius 1 is 0.534 bits per heavy atom. The predicted octanol–water partition coefficient (Wildman–Crippen LogP) is 14.2. The lowest BCUT2D eigenvalue weighted by molar-refractivity contribution is 0.477. The molecular weight excluding hydrogens is 713 g/mol. The first-order chi connectivity index (χ1) is 28.6. The van der Waals surface area contributed by atoms with Crippen molar-refractivity contribution in [1.29, 1.82) is 0 Å². The molecule has 0 saturated heterocycles. The molecule has 0 atom stereocenters. The maximum absolute atomic E-state index is 6.65. The van der Waals surface area contributed by atoms with Gasteiger partial charge in [0.2, 0.25) is 0 Å². The van der Waals surface area contributed by atoms with E-state index in [9.17, 15) is 0 Å². The summed E-state index contributed by atoms with van der Waals surface area (Å²) in [6.07, 6.45) is 7.69. The van der Waals surface area contributed by atoms with Gasteiger partial charge in [0, 0.05) is 33.2 Å². The van der Waals surface area contributed by atoms with E-state index in [1.165, 1.54) is 0 Å². The first kappa shape index (κ1) is 34.6. The molecule has 1 aliphatic rings. The van der Waals surface area contributed by atoms with Crippen LogP contribution in [0.25, 0.3) is 72.5 Å². The number of aromatic nitrogens is 3. The van der Waals surface area contributed by atoms with E-state index >= 15 is 0 Å². The SMILES string of the molecule is C=C/C(=C\C=C/C)c1nc(-c2ccccc2)nc(-c2cc(-c3ccc4c(c3)Oc3ccccc3N4c3ccccc3)cc(-c3ccc4oc5ccccc5c4c3)c2)n1. The van der Waals surface area contributed by atoms with E-state index in [0.717, 1.165) is 89.5 Å². The van der Waals surface area contributed by atoms with Crippen LogP contribution in [0, 0.1) is 0 Å². The second-order valence-corrected chi connectivity index (χ2v) is 14.1. The van der Waals surface area contributed by atoms with Crippen LogP contribution >= 0.6 is 0 Å². The van der Waals surface area contributed by atoms with E-state index in [-0.39, 0.29) is 0 Å². The lowest BCUT2D eigenvalue weighted by Crippen LogP contribution is -2.15. The molecule has 2 aromatic heterocycles. The van der Waals surface area contributed by atoms with E-state index in [2.05, 4.69) is 102 Å². The van der Waals surface area contributed by atoms with Gasteiger partial charge in [0.05, 0.1) is 11.4 Å². The average molecular weight is 749 g/mol. The fraction of sp³-hybridized carbons (Fsp3) is 0.0192. The van der Waals surface area contributed by atoms with Crippen molar-refractivity contribution in [2.45, 2.75) is 6.92 Å². The summed E-state index contributed by atoms with van der Waals surface area (Å²) in [5, 5.41) is 2.13. The van der Waals surface area contributed by atoms with Crippen molar-refractivity contribution in [3.63, 3.8) is 0 Å². The fourth-order valence-corrected chi connectivity index (χ4v) is 7.57. The van der Waals surface area contributed by atoms with Crippen molar-refractivity contribution >= 4 is 44.6 Å². The number of allylic oxidation sites excluding steroid dienone is 5. The molecule has 0 saturated carbocycles. The molecule has 58 heavy (non-hydrogen) atoms. The Balaban J connectivity index is 1.18. The van der Waals surface area contributed by atoms with Crippen molar-refractivity contribution in [2.75, 3.05) is 4.90 Å². The minimum atomic E-state index is 0.539. The van der Waals surface area contributed by atoms with Gasteiger partial charge in [-0.1, -0.05) is 122 Å². The maximum atomic E-state index is 6.65. The number of nitrogens with zero attached hydrogens (tertiary/aromatic N) is 4. The van der Waals surface area contributed by atoms with Crippen molar-refractivity contribution < 1.29 is 9.15 Å². The highest BCUT2D eigenvalue weighted by molar-refractivity contribution is 6.06. The normalized spacial score (nSPS) is 12.4. The second-order valence-electron chi connectivity index (χ2n) is 14.1. The Labute approximate surface area is 336 Å². The summed E-state index contributed by atoms with van der Waals surface area (Å²) in [7, 11) is 0. The summed E-state index contributed by atoms with van der Waals surface area (Å²) in [6, 6.07) is 56.0. The van der Waals surface area contributed by atoms with E-state index in [0.29, 0.717) is 17.5 Å². The van der Waals surface area contributed by atoms with E-state index < -0.39 is 0 Å². The third-order valence-corrected chi connectivity index (χ3v) is 10.4. The molecule has 1 aliphatic heterocycles. The number of rotatable bonds is 8. The van der Waals surface area contributed by atoms with Gasteiger partial charge >= 0.3 is 0 Å². The van der Waals surface area contributed by atoms with Gasteiger partial charge in [0.1, 0.15) is 11.2 Å². The zero-order valence-corrected chi connectivity index (χ0v) is 31.7. The summed E-state index contributed by atoms with van der Waals surface area (Å²) >= 11 is 0. The van der Waals surface area contributed by atoms with Crippen molar-refractivity contribution in [3.8, 4) is 56.5 Å². The monoisotopic (exact) mass is 748 g/mol.